The van der Waals surface area contributed by atoms with Crippen LogP contribution in [0.15, 0.2) is 42.5 Å². The van der Waals surface area contributed by atoms with Gasteiger partial charge in [0.1, 0.15) is 0 Å². The fourth-order valence-electron chi connectivity index (χ4n) is 3.00. The first-order chi connectivity index (χ1) is 11.6. The molecule has 5 heteroatoms. The van der Waals surface area contributed by atoms with Crippen LogP contribution in [-0.4, -0.2) is 41.9 Å². The van der Waals surface area contributed by atoms with Gasteiger partial charge in [-0.15, -0.1) is 0 Å². The van der Waals surface area contributed by atoms with E-state index in [4.69, 9.17) is 23.2 Å². The molecule has 24 heavy (non-hydrogen) atoms. The van der Waals surface area contributed by atoms with Crippen LogP contribution in [0.1, 0.15) is 21.5 Å². The lowest BCUT2D eigenvalue weighted by Gasteiger charge is -2.35. The number of halogens is 2. The Balaban J connectivity index is 1.62. The minimum atomic E-state index is 0.114. The lowest BCUT2D eigenvalue weighted by molar-refractivity contribution is 0.0628. The molecule has 1 aliphatic rings. The van der Waals surface area contributed by atoms with Gasteiger partial charge in [-0.25, -0.2) is 0 Å². The van der Waals surface area contributed by atoms with Crippen LogP contribution in [0.3, 0.4) is 0 Å². The van der Waals surface area contributed by atoms with E-state index in [-0.39, 0.29) is 5.91 Å². The monoisotopic (exact) mass is 362 g/mol. The van der Waals surface area contributed by atoms with Crippen LogP contribution in [0.25, 0.3) is 0 Å². The van der Waals surface area contributed by atoms with Crippen molar-refractivity contribution in [3.8, 4) is 0 Å². The Morgan fingerprint density at radius 1 is 0.958 bits per heavy atom. The van der Waals surface area contributed by atoms with Gasteiger partial charge in [0.2, 0.25) is 0 Å². The second kappa shape index (κ2) is 7.56. The number of carbonyl (C=O) groups is 1. The number of rotatable bonds is 3. The summed E-state index contributed by atoms with van der Waals surface area (Å²) in [6, 6.07) is 13.3. The molecule has 0 radical (unpaired) electrons. The van der Waals surface area contributed by atoms with Crippen molar-refractivity contribution in [2.24, 2.45) is 0 Å². The van der Waals surface area contributed by atoms with Crippen molar-refractivity contribution in [3.05, 3.63) is 69.2 Å². The summed E-state index contributed by atoms with van der Waals surface area (Å²) in [7, 11) is 0. The van der Waals surface area contributed by atoms with Crippen molar-refractivity contribution in [3.63, 3.8) is 0 Å². The molecule has 0 bridgehead atoms. The first kappa shape index (κ1) is 17.3. The second-order valence-corrected chi connectivity index (χ2v) is 6.90. The molecular weight excluding hydrogens is 343 g/mol. The fraction of sp³-hybridized carbons (Fsp3) is 0.316. The normalized spacial score (nSPS) is 15.5. The van der Waals surface area contributed by atoms with Crippen LogP contribution in [0, 0.1) is 6.92 Å². The Bertz CT molecular complexity index is 720. The SMILES string of the molecule is Cc1ccccc1C(=O)N1CCN(Cc2c(Cl)cccc2Cl)CC1. The Hall–Kier alpha value is -1.55. The number of hydrogen-bond acceptors (Lipinski definition) is 2. The first-order valence-electron chi connectivity index (χ1n) is 8.06. The molecule has 1 aliphatic heterocycles. The van der Waals surface area contributed by atoms with Crippen molar-refractivity contribution in [2.45, 2.75) is 13.5 Å². The highest BCUT2D eigenvalue weighted by Crippen LogP contribution is 2.26. The fourth-order valence-corrected chi connectivity index (χ4v) is 3.52. The van der Waals surface area contributed by atoms with E-state index in [0.29, 0.717) is 16.6 Å². The summed E-state index contributed by atoms with van der Waals surface area (Å²) in [4.78, 5) is 16.9. The maximum Gasteiger partial charge on any atom is 0.254 e. The van der Waals surface area contributed by atoms with Gasteiger partial charge in [0.25, 0.3) is 5.91 Å². The van der Waals surface area contributed by atoms with Gasteiger partial charge >= 0.3 is 0 Å². The smallest absolute Gasteiger partial charge is 0.254 e. The predicted molar refractivity (Wildman–Crippen MR) is 98.8 cm³/mol. The van der Waals surface area contributed by atoms with Crippen LogP contribution < -0.4 is 0 Å². The third-order valence-electron chi connectivity index (χ3n) is 4.48. The van der Waals surface area contributed by atoms with Gasteiger partial charge < -0.3 is 4.90 Å². The average molecular weight is 363 g/mol. The minimum Gasteiger partial charge on any atom is -0.336 e. The van der Waals surface area contributed by atoms with E-state index >= 15 is 0 Å². The minimum absolute atomic E-state index is 0.114. The van der Waals surface area contributed by atoms with Crippen molar-refractivity contribution in [1.82, 2.24) is 9.80 Å². The number of benzene rings is 2. The highest BCUT2D eigenvalue weighted by Gasteiger charge is 2.23. The van der Waals surface area contributed by atoms with Gasteiger partial charge in [-0.3, -0.25) is 9.69 Å². The quantitative estimate of drug-likeness (QED) is 0.814. The molecule has 0 N–H and O–H groups in total. The number of piperazine rings is 1. The Morgan fingerprint density at radius 2 is 1.58 bits per heavy atom. The van der Waals surface area contributed by atoms with E-state index in [9.17, 15) is 4.79 Å². The second-order valence-electron chi connectivity index (χ2n) is 6.08. The van der Waals surface area contributed by atoms with E-state index in [1.807, 2.05) is 54.3 Å². The van der Waals surface area contributed by atoms with Gasteiger partial charge in [0.05, 0.1) is 0 Å². The Kier molecular flexibility index (Phi) is 5.44. The van der Waals surface area contributed by atoms with Gasteiger partial charge in [-0.05, 0) is 30.7 Å². The number of nitrogens with zero attached hydrogens (tertiary/aromatic N) is 2. The zero-order valence-corrected chi connectivity index (χ0v) is 15.1. The molecule has 2 aromatic carbocycles. The molecule has 0 atom stereocenters. The third-order valence-corrected chi connectivity index (χ3v) is 5.19. The van der Waals surface area contributed by atoms with E-state index in [0.717, 1.165) is 42.9 Å². The van der Waals surface area contributed by atoms with E-state index < -0.39 is 0 Å². The summed E-state index contributed by atoms with van der Waals surface area (Å²) in [6.45, 7) is 5.76. The van der Waals surface area contributed by atoms with E-state index in [2.05, 4.69) is 4.90 Å². The summed E-state index contributed by atoms with van der Waals surface area (Å²) in [6.07, 6.45) is 0. The van der Waals surface area contributed by atoms with Gasteiger partial charge in [-0.1, -0.05) is 47.5 Å². The Labute approximate surface area is 152 Å². The number of hydrogen-bond donors (Lipinski definition) is 0. The zero-order chi connectivity index (χ0) is 17.1. The summed E-state index contributed by atoms with van der Waals surface area (Å²) >= 11 is 12.5. The highest BCUT2D eigenvalue weighted by atomic mass is 35.5. The lowest BCUT2D eigenvalue weighted by atomic mass is 10.1. The molecule has 126 valence electrons. The van der Waals surface area contributed by atoms with Crippen LogP contribution >= 0.6 is 23.2 Å². The van der Waals surface area contributed by atoms with Crippen molar-refractivity contribution < 1.29 is 4.79 Å². The standard InChI is InChI=1S/C19H20Cl2N2O/c1-14-5-2-3-6-15(14)19(24)23-11-9-22(10-12-23)13-16-17(20)7-4-8-18(16)21/h2-8H,9-13H2,1H3. The molecule has 0 aliphatic carbocycles. The zero-order valence-electron chi connectivity index (χ0n) is 13.6. The van der Waals surface area contributed by atoms with Crippen molar-refractivity contribution in [2.75, 3.05) is 26.2 Å². The molecular formula is C19H20Cl2N2O. The summed E-state index contributed by atoms with van der Waals surface area (Å²) in [5.74, 6) is 0.114. The predicted octanol–water partition coefficient (Wildman–Crippen LogP) is 4.26. The van der Waals surface area contributed by atoms with Crippen LogP contribution in [0.4, 0.5) is 0 Å². The van der Waals surface area contributed by atoms with E-state index in [1.165, 1.54) is 0 Å². The molecule has 1 amide bonds. The highest BCUT2D eigenvalue weighted by molar-refractivity contribution is 6.35. The number of amides is 1. The molecule has 1 fully saturated rings. The topological polar surface area (TPSA) is 23.6 Å². The molecule has 3 rings (SSSR count). The van der Waals surface area contributed by atoms with Gasteiger partial charge in [0, 0.05) is 53.9 Å². The lowest BCUT2D eigenvalue weighted by Crippen LogP contribution is -2.48. The Morgan fingerprint density at radius 3 is 2.21 bits per heavy atom. The molecule has 3 nitrogen and oxygen atoms in total. The van der Waals surface area contributed by atoms with E-state index in [1.54, 1.807) is 0 Å². The van der Waals surface area contributed by atoms with Crippen LogP contribution in [-0.2, 0) is 6.54 Å². The molecule has 0 unspecified atom stereocenters. The first-order valence-corrected chi connectivity index (χ1v) is 8.82. The number of carbonyl (C=O) groups excluding carboxylic acids is 1. The van der Waals surface area contributed by atoms with Crippen LogP contribution in [0.2, 0.25) is 10.0 Å². The van der Waals surface area contributed by atoms with Gasteiger partial charge in [-0.2, -0.15) is 0 Å². The summed E-state index contributed by atoms with van der Waals surface area (Å²) in [5.41, 5.74) is 2.77. The maximum atomic E-state index is 12.7. The summed E-state index contributed by atoms with van der Waals surface area (Å²) < 4.78 is 0. The third kappa shape index (κ3) is 3.75. The molecule has 1 heterocycles. The number of aryl methyl sites for hydroxylation is 1. The molecule has 0 saturated carbocycles. The average Bonchev–Trinajstić information content (AvgIpc) is 2.59. The largest absolute Gasteiger partial charge is 0.336 e. The molecule has 2 aromatic rings. The van der Waals surface area contributed by atoms with Crippen molar-refractivity contribution in [1.29, 1.82) is 0 Å². The summed E-state index contributed by atoms with van der Waals surface area (Å²) in [5, 5.41) is 1.39. The molecule has 0 aromatic heterocycles. The molecule has 1 saturated heterocycles. The van der Waals surface area contributed by atoms with Crippen molar-refractivity contribution >= 4 is 29.1 Å². The molecule has 0 spiro atoms. The van der Waals surface area contributed by atoms with Crippen LogP contribution in [0.5, 0.6) is 0 Å². The van der Waals surface area contributed by atoms with Gasteiger partial charge in [0.15, 0.2) is 0 Å². The maximum absolute atomic E-state index is 12.7.